The average Bonchev–Trinajstić information content (AvgIpc) is 2.21. The first-order chi connectivity index (χ1) is 7.19. The van der Waals surface area contributed by atoms with E-state index in [1.165, 1.54) is 12.4 Å². The molecular formula is C9H12N4O2. The van der Waals surface area contributed by atoms with E-state index in [9.17, 15) is 4.79 Å². The lowest BCUT2D eigenvalue weighted by molar-refractivity contribution is 0.0519. The van der Waals surface area contributed by atoms with E-state index >= 15 is 0 Å². The number of rotatable bonds is 3. The molecule has 1 heterocycles. The Labute approximate surface area is 87.2 Å². The van der Waals surface area contributed by atoms with Crippen molar-refractivity contribution in [2.45, 2.75) is 6.92 Å². The van der Waals surface area contributed by atoms with Gasteiger partial charge in [0.15, 0.2) is 11.5 Å². The molecule has 0 atom stereocenters. The number of carbonyl (C=O) groups is 1. The molecule has 0 bridgehead atoms. The Balaban J connectivity index is 2.95. The number of nitrogens with two attached hydrogens (primary N) is 1. The van der Waals surface area contributed by atoms with Gasteiger partial charge in [0.1, 0.15) is 5.69 Å². The summed E-state index contributed by atoms with van der Waals surface area (Å²) in [6, 6.07) is 0. The van der Waals surface area contributed by atoms with E-state index in [-0.39, 0.29) is 11.5 Å². The molecule has 80 valence electrons. The SMILES string of the molecule is CCOC(=O)c1cnc(C=NC)c(N)n1. The van der Waals surface area contributed by atoms with Gasteiger partial charge in [-0.1, -0.05) is 0 Å². The van der Waals surface area contributed by atoms with Gasteiger partial charge in [0.25, 0.3) is 0 Å². The van der Waals surface area contributed by atoms with E-state index in [4.69, 9.17) is 10.5 Å². The molecule has 6 heteroatoms. The zero-order valence-corrected chi connectivity index (χ0v) is 8.60. The van der Waals surface area contributed by atoms with Crippen LogP contribution in [0.3, 0.4) is 0 Å². The third-order valence-corrected chi connectivity index (χ3v) is 1.57. The number of hydrogen-bond donors (Lipinski definition) is 1. The molecule has 0 aromatic carbocycles. The maximum absolute atomic E-state index is 11.3. The van der Waals surface area contributed by atoms with Gasteiger partial charge in [0.05, 0.1) is 19.0 Å². The summed E-state index contributed by atoms with van der Waals surface area (Å²) in [5.41, 5.74) is 6.10. The molecule has 0 aliphatic heterocycles. The van der Waals surface area contributed by atoms with Gasteiger partial charge in [-0.15, -0.1) is 0 Å². The van der Waals surface area contributed by atoms with Crippen LogP contribution in [0.5, 0.6) is 0 Å². The van der Waals surface area contributed by atoms with E-state index in [1.807, 2.05) is 0 Å². The zero-order chi connectivity index (χ0) is 11.3. The number of nitrogens with zero attached hydrogens (tertiary/aromatic N) is 3. The zero-order valence-electron chi connectivity index (χ0n) is 8.60. The molecule has 1 aromatic rings. The highest BCUT2D eigenvalue weighted by atomic mass is 16.5. The van der Waals surface area contributed by atoms with E-state index < -0.39 is 5.97 Å². The van der Waals surface area contributed by atoms with Gasteiger partial charge in [0.2, 0.25) is 0 Å². The van der Waals surface area contributed by atoms with Crippen molar-refractivity contribution in [3.05, 3.63) is 17.6 Å². The second-order valence-electron chi connectivity index (χ2n) is 2.63. The molecule has 0 saturated carbocycles. The number of aliphatic imine (C=N–C) groups is 1. The van der Waals surface area contributed by atoms with Crippen LogP contribution in [0.4, 0.5) is 5.82 Å². The van der Waals surface area contributed by atoms with Crippen LogP contribution in [-0.2, 0) is 4.74 Å². The standard InChI is InChI=1S/C9H12N4O2/c1-3-15-9(14)7-5-12-6(4-11-2)8(10)13-7/h4-5H,3H2,1-2H3,(H2,10,13). The van der Waals surface area contributed by atoms with E-state index in [2.05, 4.69) is 15.0 Å². The fourth-order valence-electron chi connectivity index (χ4n) is 0.938. The highest BCUT2D eigenvalue weighted by Crippen LogP contribution is 2.04. The van der Waals surface area contributed by atoms with Crippen molar-refractivity contribution in [2.24, 2.45) is 4.99 Å². The van der Waals surface area contributed by atoms with Crippen LogP contribution < -0.4 is 5.73 Å². The van der Waals surface area contributed by atoms with Crippen molar-refractivity contribution < 1.29 is 9.53 Å². The van der Waals surface area contributed by atoms with Crippen molar-refractivity contribution in [1.82, 2.24) is 9.97 Å². The predicted molar refractivity (Wildman–Crippen MR) is 55.9 cm³/mol. The normalized spacial score (nSPS) is 10.5. The second-order valence-corrected chi connectivity index (χ2v) is 2.63. The molecule has 0 aliphatic carbocycles. The Hall–Kier alpha value is -1.98. The molecule has 15 heavy (non-hydrogen) atoms. The van der Waals surface area contributed by atoms with Gasteiger partial charge in [-0.25, -0.2) is 14.8 Å². The molecular weight excluding hydrogens is 196 g/mol. The van der Waals surface area contributed by atoms with Crippen LogP contribution >= 0.6 is 0 Å². The molecule has 2 N–H and O–H groups in total. The van der Waals surface area contributed by atoms with Crippen LogP contribution in [0, 0.1) is 0 Å². The number of esters is 1. The number of aromatic nitrogens is 2. The predicted octanol–water partition coefficient (Wildman–Crippen LogP) is 0.284. The summed E-state index contributed by atoms with van der Waals surface area (Å²) in [4.78, 5) is 22.8. The summed E-state index contributed by atoms with van der Waals surface area (Å²) >= 11 is 0. The third kappa shape index (κ3) is 2.73. The summed E-state index contributed by atoms with van der Waals surface area (Å²) in [5.74, 6) is -0.372. The molecule has 1 rings (SSSR count). The Bertz CT molecular complexity index is 390. The molecule has 0 fully saturated rings. The quantitative estimate of drug-likeness (QED) is 0.569. The Morgan fingerprint density at radius 1 is 1.73 bits per heavy atom. The minimum Gasteiger partial charge on any atom is -0.461 e. The van der Waals surface area contributed by atoms with Gasteiger partial charge in [-0.2, -0.15) is 0 Å². The largest absolute Gasteiger partial charge is 0.461 e. The Morgan fingerprint density at radius 3 is 3.00 bits per heavy atom. The fourth-order valence-corrected chi connectivity index (χ4v) is 0.938. The number of anilines is 1. The lowest BCUT2D eigenvalue weighted by Crippen LogP contribution is -2.11. The highest BCUT2D eigenvalue weighted by molar-refractivity contribution is 5.89. The summed E-state index contributed by atoms with van der Waals surface area (Å²) in [6.45, 7) is 2.01. The summed E-state index contributed by atoms with van der Waals surface area (Å²) < 4.78 is 4.75. The summed E-state index contributed by atoms with van der Waals surface area (Å²) in [6.07, 6.45) is 2.78. The van der Waals surface area contributed by atoms with Crippen molar-refractivity contribution in [3.8, 4) is 0 Å². The van der Waals surface area contributed by atoms with Crippen molar-refractivity contribution in [1.29, 1.82) is 0 Å². The Kier molecular flexibility index (Phi) is 3.73. The topological polar surface area (TPSA) is 90.5 Å². The minimum absolute atomic E-state index is 0.0996. The fraction of sp³-hybridized carbons (Fsp3) is 0.333. The maximum atomic E-state index is 11.3. The summed E-state index contributed by atoms with van der Waals surface area (Å²) in [7, 11) is 1.60. The van der Waals surface area contributed by atoms with E-state index in [0.717, 1.165) is 0 Å². The number of nitrogen functional groups attached to an aromatic ring is 1. The molecule has 0 unspecified atom stereocenters. The molecule has 0 spiro atoms. The van der Waals surface area contributed by atoms with E-state index in [0.29, 0.717) is 12.3 Å². The second kappa shape index (κ2) is 5.04. The number of ether oxygens (including phenoxy) is 1. The number of hydrogen-bond acceptors (Lipinski definition) is 6. The highest BCUT2D eigenvalue weighted by Gasteiger charge is 2.10. The van der Waals surface area contributed by atoms with Gasteiger partial charge in [-0.3, -0.25) is 4.99 Å². The van der Waals surface area contributed by atoms with Crippen LogP contribution in [0.1, 0.15) is 23.1 Å². The molecule has 1 aromatic heterocycles. The summed E-state index contributed by atoms with van der Waals surface area (Å²) in [5, 5.41) is 0. The average molecular weight is 208 g/mol. The van der Waals surface area contributed by atoms with Gasteiger partial charge < -0.3 is 10.5 Å². The first kappa shape index (κ1) is 11.1. The Morgan fingerprint density at radius 2 is 2.47 bits per heavy atom. The van der Waals surface area contributed by atoms with Crippen LogP contribution in [0.25, 0.3) is 0 Å². The molecule has 0 amide bonds. The first-order valence-corrected chi connectivity index (χ1v) is 4.40. The van der Waals surface area contributed by atoms with Crippen LogP contribution in [-0.4, -0.2) is 35.8 Å². The van der Waals surface area contributed by atoms with Gasteiger partial charge in [0, 0.05) is 7.05 Å². The van der Waals surface area contributed by atoms with Gasteiger partial charge >= 0.3 is 5.97 Å². The smallest absolute Gasteiger partial charge is 0.358 e. The molecule has 0 aliphatic rings. The van der Waals surface area contributed by atoms with Crippen molar-refractivity contribution in [3.63, 3.8) is 0 Å². The molecule has 0 saturated heterocycles. The third-order valence-electron chi connectivity index (χ3n) is 1.57. The maximum Gasteiger partial charge on any atom is 0.358 e. The van der Waals surface area contributed by atoms with Crippen molar-refractivity contribution in [2.75, 3.05) is 19.4 Å². The van der Waals surface area contributed by atoms with Gasteiger partial charge in [-0.05, 0) is 6.92 Å². The first-order valence-electron chi connectivity index (χ1n) is 4.40. The van der Waals surface area contributed by atoms with E-state index in [1.54, 1.807) is 14.0 Å². The lowest BCUT2D eigenvalue weighted by Gasteiger charge is -2.02. The monoisotopic (exact) mass is 208 g/mol. The van der Waals surface area contributed by atoms with Crippen LogP contribution in [0.15, 0.2) is 11.2 Å². The molecule has 6 nitrogen and oxygen atoms in total. The minimum atomic E-state index is -0.531. The molecule has 0 radical (unpaired) electrons. The lowest BCUT2D eigenvalue weighted by atomic mass is 10.4. The van der Waals surface area contributed by atoms with Crippen LogP contribution in [0.2, 0.25) is 0 Å². The van der Waals surface area contributed by atoms with Crippen molar-refractivity contribution >= 4 is 18.0 Å². The number of carbonyl (C=O) groups excluding carboxylic acids is 1.